The number of carboxylic acid groups (broad SMARTS) is 1. The van der Waals surface area contributed by atoms with Crippen molar-refractivity contribution in [3.05, 3.63) is 29.8 Å². The molecule has 0 radical (unpaired) electrons. The molecular weight excluding hydrogens is 374 g/mol. The number of carbonyl (C=O) groups excluding carboxylic acids is 1. The summed E-state index contributed by atoms with van der Waals surface area (Å²) >= 11 is 0. The number of carbonyl (C=O) groups is 2. The van der Waals surface area contributed by atoms with Gasteiger partial charge in [-0.05, 0) is 44.0 Å². The molecule has 0 saturated carbocycles. The fraction of sp³-hybridized carbons (Fsp3) is 0.619. The van der Waals surface area contributed by atoms with Crippen molar-refractivity contribution >= 4 is 12.5 Å². The number of nitrogens with one attached hydrogen (secondary N) is 1. The van der Waals surface area contributed by atoms with Gasteiger partial charge in [-0.1, -0.05) is 18.6 Å². The van der Waals surface area contributed by atoms with Crippen LogP contribution in [0.15, 0.2) is 24.3 Å². The summed E-state index contributed by atoms with van der Waals surface area (Å²) in [6, 6.07) is 9.05. The van der Waals surface area contributed by atoms with E-state index in [1.165, 1.54) is 25.8 Å². The number of amides is 2. The van der Waals surface area contributed by atoms with E-state index in [2.05, 4.69) is 17.1 Å². The molecule has 2 amide bonds. The van der Waals surface area contributed by atoms with Crippen molar-refractivity contribution in [2.75, 3.05) is 40.0 Å². The van der Waals surface area contributed by atoms with Gasteiger partial charge in [0.15, 0.2) is 0 Å². The van der Waals surface area contributed by atoms with Crippen LogP contribution in [0.4, 0.5) is 4.79 Å². The monoisotopic (exact) mass is 407 g/mol. The molecule has 2 N–H and O–H groups in total. The average Bonchev–Trinajstić information content (AvgIpc) is 2.68. The van der Waals surface area contributed by atoms with Gasteiger partial charge in [-0.3, -0.25) is 9.69 Å². The van der Waals surface area contributed by atoms with Gasteiger partial charge in [0.1, 0.15) is 12.4 Å². The van der Waals surface area contributed by atoms with E-state index in [0.29, 0.717) is 31.8 Å². The molecule has 1 aromatic rings. The summed E-state index contributed by atoms with van der Waals surface area (Å²) in [5, 5.41) is 9.90. The number of hydrogen-bond donors (Lipinski definition) is 2. The van der Waals surface area contributed by atoms with Crippen molar-refractivity contribution in [3.8, 4) is 5.75 Å². The molecule has 2 aliphatic rings. The van der Waals surface area contributed by atoms with Crippen LogP contribution in [0, 0.1) is 0 Å². The molecule has 1 aromatic carbocycles. The molecule has 0 spiro atoms. The number of ether oxygens (including phenoxy) is 2. The Bertz CT molecular complexity index is 619. The molecule has 2 fully saturated rings. The molecule has 0 aliphatic carbocycles. The maximum Gasteiger partial charge on any atom is 0.317 e. The minimum atomic E-state index is -0.250. The van der Waals surface area contributed by atoms with E-state index in [1.54, 1.807) is 7.11 Å². The predicted molar refractivity (Wildman–Crippen MR) is 110 cm³/mol. The first-order valence-corrected chi connectivity index (χ1v) is 10.2. The Morgan fingerprint density at radius 1 is 1.24 bits per heavy atom. The van der Waals surface area contributed by atoms with Crippen molar-refractivity contribution in [2.24, 2.45) is 0 Å². The summed E-state index contributed by atoms with van der Waals surface area (Å²) in [4.78, 5) is 25.2. The van der Waals surface area contributed by atoms with Crippen molar-refractivity contribution in [2.45, 2.75) is 44.8 Å². The molecular formula is C21H33N3O5. The molecule has 0 aromatic heterocycles. The standard InChI is InChI=1S/C20H31N3O3.CH2O2/c1-16-5-3-4-10-23(16)18-14-22(15-18)20(24)21-13-17-6-8-19(9-7-17)26-12-11-25-2;2-1-3/h6-9,16,18H,3-5,10-15H2,1-2H3,(H,21,24);1H,(H,2,3). The molecule has 29 heavy (non-hydrogen) atoms. The van der Waals surface area contributed by atoms with Gasteiger partial charge in [0.2, 0.25) is 0 Å². The maximum atomic E-state index is 12.3. The van der Waals surface area contributed by atoms with Crippen LogP contribution < -0.4 is 10.1 Å². The Balaban J connectivity index is 0.000000941. The van der Waals surface area contributed by atoms with Crippen LogP contribution >= 0.6 is 0 Å². The first-order chi connectivity index (χ1) is 14.1. The zero-order valence-electron chi connectivity index (χ0n) is 17.4. The van der Waals surface area contributed by atoms with Crippen molar-refractivity contribution in [1.29, 1.82) is 0 Å². The van der Waals surface area contributed by atoms with E-state index >= 15 is 0 Å². The third kappa shape index (κ3) is 7.21. The van der Waals surface area contributed by atoms with Crippen LogP contribution in [-0.2, 0) is 16.1 Å². The third-order valence-corrected chi connectivity index (χ3v) is 5.40. The summed E-state index contributed by atoms with van der Waals surface area (Å²) in [5.41, 5.74) is 1.07. The smallest absolute Gasteiger partial charge is 0.317 e. The predicted octanol–water partition coefficient (Wildman–Crippen LogP) is 2.18. The minimum absolute atomic E-state index is 0.0336. The fourth-order valence-corrected chi connectivity index (χ4v) is 3.73. The van der Waals surface area contributed by atoms with Gasteiger partial charge in [-0.2, -0.15) is 0 Å². The fourth-order valence-electron chi connectivity index (χ4n) is 3.73. The zero-order valence-corrected chi connectivity index (χ0v) is 17.4. The van der Waals surface area contributed by atoms with Gasteiger partial charge in [-0.25, -0.2) is 4.79 Å². The van der Waals surface area contributed by atoms with Crippen molar-refractivity contribution in [3.63, 3.8) is 0 Å². The number of rotatable bonds is 7. The molecule has 2 aliphatic heterocycles. The lowest BCUT2D eigenvalue weighted by molar-refractivity contribution is -0.122. The Labute approximate surface area is 172 Å². The second-order valence-corrected chi connectivity index (χ2v) is 7.39. The Morgan fingerprint density at radius 2 is 1.93 bits per heavy atom. The van der Waals surface area contributed by atoms with Gasteiger partial charge in [0, 0.05) is 38.8 Å². The van der Waals surface area contributed by atoms with Crippen molar-refractivity contribution < 1.29 is 24.2 Å². The van der Waals surface area contributed by atoms with Crippen LogP contribution in [0.1, 0.15) is 31.7 Å². The largest absolute Gasteiger partial charge is 0.491 e. The quantitative estimate of drug-likeness (QED) is 0.532. The Hall–Kier alpha value is -2.32. The maximum absolute atomic E-state index is 12.3. The van der Waals surface area contributed by atoms with Crippen molar-refractivity contribution in [1.82, 2.24) is 15.1 Å². The van der Waals surface area contributed by atoms with E-state index in [0.717, 1.165) is 24.4 Å². The minimum Gasteiger partial charge on any atom is -0.491 e. The van der Waals surface area contributed by atoms with Gasteiger partial charge < -0.3 is 24.8 Å². The van der Waals surface area contributed by atoms with E-state index in [1.807, 2.05) is 29.2 Å². The van der Waals surface area contributed by atoms with Crippen LogP contribution in [-0.4, -0.2) is 79.5 Å². The van der Waals surface area contributed by atoms with Crippen LogP contribution in [0.25, 0.3) is 0 Å². The molecule has 1 unspecified atom stereocenters. The summed E-state index contributed by atoms with van der Waals surface area (Å²) in [6.07, 6.45) is 3.91. The highest BCUT2D eigenvalue weighted by molar-refractivity contribution is 5.75. The normalized spacial score (nSPS) is 19.5. The second-order valence-electron chi connectivity index (χ2n) is 7.39. The highest BCUT2D eigenvalue weighted by atomic mass is 16.5. The lowest BCUT2D eigenvalue weighted by atomic mass is 9.98. The van der Waals surface area contributed by atoms with Crippen LogP contribution in [0.3, 0.4) is 0 Å². The van der Waals surface area contributed by atoms with Gasteiger partial charge in [0.25, 0.3) is 6.47 Å². The molecule has 8 heteroatoms. The number of piperidine rings is 1. The lowest BCUT2D eigenvalue weighted by Gasteiger charge is -2.49. The Kier molecular flexibility index (Phi) is 9.73. The van der Waals surface area contributed by atoms with Crippen LogP contribution in [0.2, 0.25) is 0 Å². The average molecular weight is 408 g/mol. The number of nitrogens with zero attached hydrogens (tertiary/aromatic N) is 2. The van der Waals surface area contributed by atoms with E-state index in [-0.39, 0.29) is 12.5 Å². The lowest BCUT2D eigenvalue weighted by Crippen LogP contribution is -2.64. The number of methoxy groups -OCH3 is 1. The molecule has 0 bridgehead atoms. The van der Waals surface area contributed by atoms with E-state index < -0.39 is 0 Å². The first-order valence-electron chi connectivity index (χ1n) is 10.2. The molecule has 162 valence electrons. The number of benzene rings is 1. The third-order valence-electron chi connectivity index (χ3n) is 5.40. The van der Waals surface area contributed by atoms with E-state index in [9.17, 15) is 4.79 Å². The molecule has 1 atom stereocenters. The van der Waals surface area contributed by atoms with Crippen LogP contribution in [0.5, 0.6) is 5.75 Å². The SMILES string of the molecule is COCCOc1ccc(CNC(=O)N2CC(N3CCCCC3C)C2)cc1.O=CO. The molecule has 2 saturated heterocycles. The molecule has 2 heterocycles. The topological polar surface area (TPSA) is 91.3 Å². The van der Waals surface area contributed by atoms with Gasteiger partial charge >= 0.3 is 6.03 Å². The summed E-state index contributed by atoms with van der Waals surface area (Å²) in [6.45, 7) is 6.59. The van der Waals surface area contributed by atoms with Gasteiger partial charge in [-0.15, -0.1) is 0 Å². The zero-order chi connectivity index (χ0) is 21.1. The summed E-state index contributed by atoms with van der Waals surface area (Å²) < 4.78 is 10.5. The number of likely N-dealkylation sites (tertiary alicyclic amines) is 2. The second kappa shape index (κ2) is 12.3. The molecule has 3 rings (SSSR count). The highest BCUT2D eigenvalue weighted by Gasteiger charge is 2.37. The number of urea groups is 1. The first kappa shape index (κ1) is 23.0. The summed E-state index contributed by atoms with van der Waals surface area (Å²) in [5.74, 6) is 0.818. The van der Waals surface area contributed by atoms with Gasteiger partial charge in [0.05, 0.1) is 6.61 Å². The highest BCUT2D eigenvalue weighted by Crippen LogP contribution is 2.24. The number of hydrogen-bond acceptors (Lipinski definition) is 5. The molecule has 8 nitrogen and oxygen atoms in total. The summed E-state index contributed by atoms with van der Waals surface area (Å²) in [7, 11) is 1.66. The Morgan fingerprint density at radius 3 is 2.55 bits per heavy atom. The van der Waals surface area contributed by atoms with E-state index in [4.69, 9.17) is 19.4 Å².